The molecule has 0 amide bonds. The van der Waals surface area contributed by atoms with E-state index in [-0.39, 0.29) is 0 Å². The van der Waals surface area contributed by atoms with Crippen molar-refractivity contribution in [2.75, 3.05) is 24.8 Å². The van der Waals surface area contributed by atoms with Crippen molar-refractivity contribution in [1.82, 2.24) is 5.32 Å². The summed E-state index contributed by atoms with van der Waals surface area (Å²) in [7, 11) is 0. The minimum absolute atomic E-state index is 0.332. The Labute approximate surface area is 126 Å². The van der Waals surface area contributed by atoms with E-state index in [1.807, 2.05) is 6.07 Å². The third-order valence-electron chi connectivity index (χ3n) is 3.63. The third-order valence-corrected chi connectivity index (χ3v) is 5.42. The van der Waals surface area contributed by atoms with Crippen LogP contribution in [-0.4, -0.2) is 24.8 Å². The molecule has 19 heavy (non-hydrogen) atoms. The Morgan fingerprint density at radius 2 is 1.95 bits per heavy atom. The maximum Gasteiger partial charge on any atom is 0.231 e. The van der Waals surface area contributed by atoms with E-state index in [1.54, 1.807) is 0 Å². The molecule has 0 radical (unpaired) electrons. The Morgan fingerprint density at radius 1 is 1.21 bits per heavy atom. The number of hydrogen-bond acceptors (Lipinski definition) is 4. The van der Waals surface area contributed by atoms with Crippen molar-refractivity contribution in [3.8, 4) is 11.5 Å². The predicted octanol–water partition coefficient (Wildman–Crippen LogP) is 3.41. The Hall–Kier alpha value is -0.390. The molecule has 1 aromatic rings. The predicted molar refractivity (Wildman–Crippen MR) is 82.0 cm³/mol. The fraction of sp³-hybridized carbons (Fsp3) is 0.571. The highest BCUT2D eigenvalue weighted by molar-refractivity contribution is 9.10. The van der Waals surface area contributed by atoms with Gasteiger partial charge in [0.25, 0.3) is 0 Å². The highest BCUT2D eigenvalue weighted by Crippen LogP contribution is 2.36. The zero-order chi connectivity index (χ0) is 13.1. The number of benzene rings is 1. The SMILES string of the molecule is Brc1cc2c(cc1CNCC1CCSCC1)OCO2. The number of ether oxygens (including phenoxy) is 2. The summed E-state index contributed by atoms with van der Waals surface area (Å²) >= 11 is 5.68. The van der Waals surface area contributed by atoms with Crippen LogP contribution in [0.3, 0.4) is 0 Å². The van der Waals surface area contributed by atoms with Gasteiger partial charge in [-0.25, -0.2) is 0 Å². The monoisotopic (exact) mass is 343 g/mol. The van der Waals surface area contributed by atoms with E-state index in [0.29, 0.717) is 6.79 Å². The summed E-state index contributed by atoms with van der Waals surface area (Å²) in [5.74, 6) is 5.17. The van der Waals surface area contributed by atoms with E-state index in [0.717, 1.165) is 35.0 Å². The highest BCUT2D eigenvalue weighted by atomic mass is 79.9. The van der Waals surface area contributed by atoms with Crippen molar-refractivity contribution in [3.05, 3.63) is 22.2 Å². The lowest BCUT2D eigenvalue weighted by Crippen LogP contribution is -2.25. The van der Waals surface area contributed by atoms with Crippen LogP contribution >= 0.6 is 27.7 Å². The smallest absolute Gasteiger partial charge is 0.231 e. The lowest BCUT2D eigenvalue weighted by Gasteiger charge is -2.21. The number of nitrogens with one attached hydrogen (secondary N) is 1. The van der Waals surface area contributed by atoms with Crippen LogP contribution in [-0.2, 0) is 6.54 Å². The van der Waals surface area contributed by atoms with Crippen LogP contribution in [0.4, 0.5) is 0 Å². The molecule has 3 nitrogen and oxygen atoms in total. The minimum Gasteiger partial charge on any atom is -0.454 e. The van der Waals surface area contributed by atoms with Crippen LogP contribution in [0.25, 0.3) is 0 Å². The van der Waals surface area contributed by atoms with Gasteiger partial charge in [0.1, 0.15) is 0 Å². The van der Waals surface area contributed by atoms with Gasteiger partial charge in [-0.1, -0.05) is 15.9 Å². The van der Waals surface area contributed by atoms with Crippen LogP contribution < -0.4 is 14.8 Å². The molecule has 0 aliphatic carbocycles. The Kier molecular flexibility index (Phi) is 4.56. The van der Waals surface area contributed by atoms with Gasteiger partial charge in [-0.3, -0.25) is 0 Å². The van der Waals surface area contributed by atoms with Gasteiger partial charge >= 0.3 is 0 Å². The molecular weight excluding hydrogens is 326 g/mol. The number of thioether (sulfide) groups is 1. The summed E-state index contributed by atoms with van der Waals surface area (Å²) in [6.07, 6.45) is 2.69. The first kappa shape index (κ1) is 13.6. The standard InChI is InChI=1S/C14H18BrNO2S/c15-12-6-14-13(17-9-18-14)5-11(12)8-16-7-10-1-3-19-4-2-10/h5-6,10,16H,1-4,7-9H2. The topological polar surface area (TPSA) is 30.5 Å². The van der Waals surface area contributed by atoms with Gasteiger partial charge in [-0.05, 0) is 54.5 Å². The average molecular weight is 344 g/mol. The normalized spacial score (nSPS) is 18.8. The second-order valence-corrected chi connectivity index (χ2v) is 7.06. The van der Waals surface area contributed by atoms with E-state index >= 15 is 0 Å². The van der Waals surface area contributed by atoms with Crippen LogP contribution in [0.2, 0.25) is 0 Å². The molecule has 0 atom stereocenters. The second-order valence-electron chi connectivity index (χ2n) is 4.98. The molecule has 1 N–H and O–H groups in total. The van der Waals surface area contributed by atoms with Crippen LogP contribution in [0.1, 0.15) is 18.4 Å². The van der Waals surface area contributed by atoms with E-state index in [1.165, 1.54) is 29.9 Å². The molecule has 2 aliphatic heterocycles. The average Bonchev–Trinajstić information content (AvgIpc) is 2.87. The summed E-state index contributed by atoms with van der Waals surface area (Å²) in [4.78, 5) is 0. The molecule has 5 heteroatoms. The molecule has 1 aromatic carbocycles. The number of hydrogen-bond donors (Lipinski definition) is 1. The summed E-state index contributed by atoms with van der Waals surface area (Å²) in [6.45, 7) is 2.32. The number of halogens is 1. The Bertz CT molecular complexity index is 449. The molecule has 0 aromatic heterocycles. The molecule has 1 fully saturated rings. The largest absolute Gasteiger partial charge is 0.454 e. The first-order valence-corrected chi connectivity index (χ1v) is 8.64. The van der Waals surface area contributed by atoms with Crippen molar-refractivity contribution in [2.24, 2.45) is 5.92 Å². The fourth-order valence-corrected chi connectivity index (χ4v) is 4.12. The van der Waals surface area contributed by atoms with Gasteiger partial charge in [-0.2, -0.15) is 11.8 Å². The molecule has 0 spiro atoms. The molecule has 0 saturated carbocycles. The van der Waals surface area contributed by atoms with Gasteiger partial charge in [0.05, 0.1) is 0 Å². The maximum atomic E-state index is 5.42. The Morgan fingerprint density at radius 3 is 2.74 bits per heavy atom. The van der Waals surface area contributed by atoms with Crippen molar-refractivity contribution < 1.29 is 9.47 Å². The summed E-state index contributed by atoms with van der Waals surface area (Å²) in [6, 6.07) is 4.06. The molecule has 0 bridgehead atoms. The number of fused-ring (bicyclic) bond motifs is 1. The zero-order valence-corrected chi connectivity index (χ0v) is 13.2. The first-order chi connectivity index (χ1) is 9.33. The number of rotatable bonds is 4. The molecule has 2 heterocycles. The molecular formula is C14H18BrNO2S. The lowest BCUT2D eigenvalue weighted by atomic mass is 10.0. The van der Waals surface area contributed by atoms with E-state index < -0.39 is 0 Å². The zero-order valence-electron chi connectivity index (χ0n) is 10.8. The van der Waals surface area contributed by atoms with Gasteiger partial charge in [-0.15, -0.1) is 0 Å². The quantitative estimate of drug-likeness (QED) is 0.907. The van der Waals surface area contributed by atoms with Gasteiger partial charge in [0.2, 0.25) is 6.79 Å². The van der Waals surface area contributed by atoms with Crippen molar-refractivity contribution in [2.45, 2.75) is 19.4 Å². The van der Waals surface area contributed by atoms with Crippen LogP contribution in [0.15, 0.2) is 16.6 Å². The summed E-state index contributed by atoms with van der Waals surface area (Å²) in [5, 5.41) is 3.57. The summed E-state index contributed by atoms with van der Waals surface area (Å²) < 4.78 is 11.9. The van der Waals surface area contributed by atoms with Crippen molar-refractivity contribution in [3.63, 3.8) is 0 Å². The van der Waals surface area contributed by atoms with E-state index in [4.69, 9.17) is 9.47 Å². The maximum absolute atomic E-state index is 5.42. The van der Waals surface area contributed by atoms with E-state index in [9.17, 15) is 0 Å². The second kappa shape index (κ2) is 6.37. The third kappa shape index (κ3) is 3.38. The van der Waals surface area contributed by atoms with E-state index in [2.05, 4.69) is 39.1 Å². The van der Waals surface area contributed by atoms with Gasteiger partial charge in [0.15, 0.2) is 11.5 Å². The fourth-order valence-electron chi connectivity index (χ4n) is 2.46. The molecule has 2 aliphatic rings. The molecule has 0 unspecified atom stereocenters. The van der Waals surface area contributed by atoms with Gasteiger partial charge < -0.3 is 14.8 Å². The minimum atomic E-state index is 0.332. The van der Waals surface area contributed by atoms with Crippen molar-refractivity contribution in [1.29, 1.82) is 0 Å². The summed E-state index contributed by atoms with van der Waals surface area (Å²) in [5.41, 5.74) is 1.23. The van der Waals surface area contributed by atoms with Crippen LogP contribution in [0, 0.1) is 5.92 Å². The van der Waals surface area contributed by atoms with Crippen LogP contribution in [0.5, 0.6) is 11.5 Å². The Balaban J connectivity index is 1.54. The lowest BCUT2D eigenvalue weighted by molar-refractivity contribution is 0.174. The molecule has 3 rings (SSSR count). The first-order valence-electron chi connectivity index (χ1n) is 6.69. The van der Waals surface area contributed by atoms with Crippen molar-refractivity contribution >= 4 is 27.7 Å². The molecule has 104 valence electrons. The molecule has 1 saturated heterocycles. The highest BCUT2D eigenvalue weighted by Gasteiger charge is 2.17. The van der Waals surface area contributed by atoms with Gasteiger partial charge in [0, 0.05) is 11.0 Å².